The van der Waals surface area contributed by atoms with Gasteiger partial charge in [0.05, 0.1) is 32.0 Å². The van der Waals surface area contributed by atoms with Crippen LogP contribution >= 0.6 is 0 Å². The van der Waals surface area contributed by atoms with Gasteiger partial charge < -0.3 is 24.6 Å². The number of benzene rings is 4. The molecule has 6 nitrogen and oxygen atoms in total. The molecule has 0 spiro atoms. The molecular formula is C38H43NO5. The molecule has 1 aliphatic rings. The highest BCUT2D eigenvalue weighted by molar-refractivity contribution is 5.95. The molecule has 2 N–H and O–H groups in total. The smallest absolute Gasteiger partial charge is 0.251 e. The molecule has 4 aromatic rings. The van der Waals surface area contributed by atoms with E-state index in [0.717, 1.165) is 33.4 Å². The van der Waals surface area contributed by atoms with Crippen LogP contribution in [0.4, 0.5) is 0 Å². The average Bonchev–Trinajstić information content (AvgIpc) is 3.06. The van der Waals surface area contributed by atoms with Crippen LogP contribution in [0.25, 0.3) is 11.1 Å². The van der Waals surface area contributed by atoms with Crippen molar-refractivity contribution in [2.24, 2.45) is 11.8 Å². The van der Waals surface area contributed by atoms with E-state index in [0.29, 0.717) is 25.4 Å². The van der Waals surface area contributed by atoms with E-state index in [1.54, 1.807) is 13.1 Å². The second kappa shape index (κ2) is 14.8. The first kappa shape index (κ1) is 31.6. The van der Waals surface area contributed by atoms with E-state index in [4.69, 9.17) is 14.2 Å². The first-order chi connectivity index (χ1) is 21.4. The van der Waals surface area contributed by atoms with Crippen LogP contribution in [-0.4, -0.2) is 43.0 Å². The normalized spacial score (nSPS) is 22.3. The molecule has 1 aliphatic heterocycles. The lowest BCUT2D eigenvalue weighted by atomic mass is 9.78. The maximum atomic E-state index is 12.2. The van der Waals surface area contributed by atoms with Gasteiger partial charge in [-0.1, -0.05) is 105 Å². The maximum absolute atomic E-state index is 12.2. The summed E-state index contributed by atoms with van der Waals surface area (Å²) in [6.45, 7) is 7.72. The zero-order valence-electron chi connectivity index (χ0n) is 26.0. The number of carbonyl (C=O) groups is 1. The van der Waals surface area contributed by atoms with Gasteiger partial charge >= 0.3 is 0 Å². The summed E-state index contributed by atoms with van der Waals surface area (Å²) in [5.41, 5.74) is 6.43. The number of amides is 1. The first-order valence-corrected chi connectivity index (χ1v) is 15.4. The number of nitrogens with one attached hydrogen (secondary N) is 1. The fourth-order valence-electron chi connectivity index (χ4n) is 6.01. The van der Waals surface area contributed by atoms with Crippen molar-refractivity contribution in [2.75, 3.05) is 13.7 Å². The van der Waals surface area contributed by atoms with E-state index in [1.807, 2.05) is 85.8 Å². The minimum Gasteiger partial charge on any atom is -0.386 e. The van der Waals surface area contributed by atoms with Crippen molar-refractivity contribution in [3.8, 4) is 11.1 Å². The summed E-state index contributed by atoms with van der Waals surface area (Å²) in [6.07, 6.45) is -2.02. The number of aryl methyl sites for hydroxylation is 1. The van der Waals surface area contributed by atoms with E-state index < -0.39 is 12.2 Å². The Labute approximate surface area is 261 Å². The van der Waals surface area contributed by atoms with Crippen LogP contribution in [0.2, 0.25) is 0 Å². The maximum Gasteiger partial charge on any atom is 0.251 e. The molecular weight excluding hydrogens is 550 g/mol. The number of aliphatic hydroxyl groups is 1. The Morgan fingerprint density at radius 3 is 2.16 bits per heavy atom. The van der Waals surface area contributed by atoms with Crippen molar-refractivity contribution in [2.45, 2.75) is 58.4 Å². The molecule has 44 heavy (non-hydrogen) atoms. The zero-order chi connectivity index (χ0) is 31.1. The summed E-state index contributed by atoms with van der Waals surface area (Å²) < 4.78 is 19.4. The van der Waals surface area contributed by atoms with Gasteiger partial charge in [0.15, 0.2) is 0 Å². The molecule has 6 atom stereocenters. The topological polar surface area (TPSA) is 77.0 Å². The molecule has 5 unspecified atom stereocenters. The fourth-order valence-corrected chi connectivity index (χ4v) is 6.01. The molecule has 0 bridgehead atoms. The van der Waals surface area contributed by atoms with Crippen molar-refractivity contribution in [3.63, 3.8) is 0 Å². The monoisotopic (exact) mass is 593 g/mol. The van der Waals surface area contributed by atoms with E-state index in [9.17, 15) is 9.90 Å². The van der Waals surface area contributed by atoms with Gasteiger partial charge in [-0.2, -0.15) is 0 Å². The summed E-state index contributed by atoms with van der Waals surface area (Å²) >= 11 is 0. The number of hydrogen-bond acceptors (Lipinski definition) is 5. The Balaban J connectivity index is 1.38. The van der Waals surface area contributed by atoms with E-state index in [1.165, 1.54) is 0 Å². The quantitative estimate of drug-likeness (QED) is 0.198. The number of carbonyl (C=O) groups excluding carboxylic acids is 1. The minimum atomic E-state index is -0.909. The van der Waals surface area contributed by atoms with Crippen LogP contribution in [0, 0.1) is 18.8 Å². The van der Waals surface area contributed by atoms with Gasteiger partial charge in [-0.3, -0.25) is 4.79 Å². The summed E-state index contributed by atoms with van der Waals surface area (Å²) in [7, 11) is 1.63. The summed E-state index contributed by atoms with van der Waals surface area (Å²) in [5, 5.41) is 14.6. The Kier molecular flexibility index (Phi) is 10.6. The van der Waals surface area contributed by atoms with Gasteiger partial charge in [-0.05, 0) is 64.3 Å². The second-order valence-electron chi connectivity index (χ2n) is 11.8. The highest BCUT2D eigenvalue weighted by Gasteiger charge is 2.45. The zero-order valence-corrected chi connectivity index (χ0v) is 26.0. The molecule has 1 amide bonds. The lowest BCUT2D eigenvalue weighted by Crippen LogP contribution is -2.53. The largest absolute Gasteiger partial charge is 0.386 e. The van der Waals surface area contributed by atoms with Crippen LogP contribution in [0.5, 0.6) is 0 Å². The standard InChI is InChI=1S/C38H43NO5/c1-25-20-31(30-16-11-17-32(21-30)38(41)39-4)18-19-33(25)35(40)37-36(43-23-29-14-9-6-10-15-29)27(3)26(2)34(44-37)24-42-22-28-12-7-5-8-13-28/h5-21,26-27,34-37,40H,22-24H2,1-4H3,(H,39,41)/t26?,27?,34?,35-,36?,37?/m0/s1. The number of rotatable bonds is 11. The Morgan fingerprint density at radius 2 is 1.50 bits per heavy atom. The summed E-state index contributed by atoms with van der Waals surface area (Å²) in [4.78, 5) is 12.2. The van der Waals surface area contributed by atoms with Gasteiger partial charge in [0.2, 0.25) is 0 Å². The van der Waals surface area contributed by atoms with E-state index in [-0.39, 0.29) is 30.0 Å². The third-order valence-electron chi connectivity index (χ3n) is 8.85. The second-order valence-corrected chi connectivity index (χ2v) is 11.8. The molecule has 1 fully saturated rings. The molecule has 1 heterocycles. The third-order valence-corrected chi connectivity index (χ3v) is 8.85. The Morgan fingerprint density at radius 1 is 0.841 bits per heavy atom. The summed E-state index contributed by atoms with van der Waals surface area (Å²) in [6, 6.07) is 33.8. The van der Waals surface area contributed by atoms with Crippen molar-refractivity contribution in [1.82, 2.24) is 5.32 Å². The number of ether oxygens (including phenoxy) is 3. The predicted molar refractivity (Wildman–Crippen MR) is 173 cm³/mol. The van der Waals surface area contributed by atoms with Crippen LogP contribution in [0.15, 0.2) is 103 Å². The molecule has 230 valence electrons. The van der Waals surface area contributed by atoms with Crippen LogP contribution in [0.1, 0.15) is 52.6 Å². The minimum absolute atomic E-state index is 0.115. The van der Waals surface area contributed by atoms with Gasteiger partial charge in [0.1, 0.15) is 12.2 Å². The first-order valence-electron chi connectivity index (χ1n) is 15.4. The highest BCUT2D eigenvalue weighted by Crippen LogP contribution is 2.39. The number of aliphatic hydroxyl groups excluding tert-OH is 1. The van der Waals surface area contributed by atoms with Gasteiger partial charge in [-0.25, -0.2) is 0 Å². The lowest BCUT2D eigenvalue weighted by Gasteiger charge is -2.46. The van der Waals surface area contributed by atoms with Crippen LogP contribution in [-0.2, 0) is 27.4 Å². The SMILES string of the molecule is CNC(=O)c1cccc(-c2ccc([C@H](O)C3OC(COCc4ccccc4)C(C)C(C)C3OCc3ccccc3)c(C)c2)c1. The number of hydrogen-bond donors (Lipinski definition) is 2. The van der Waals surface area contributed by atoms with Crippen molar-refractivity contribution in [3.05, 3.63) is 131 Å². The Bertz CT molecular complexity index is 1510. The Hall–Kier alpha value is -3.81. The molecule has 4 aromatic carbocycles. The third kappa shape index (κ3) is 7.45. The summed E-state index contributed by atoms with van der Waals surface area (Å²) in [5.74, 6) is 0.146. The van der Waals surface area contributed by atoms with Crippen LogP contribution in [0.3, 0.4) is 0 Å². The lowest BCUT2D eigenvalue weighted by molar-refractivity contribution is -0.230. The predicted octanol–water partition coefficient (Wildman–Crippen LogP) is 6.90. The van der Waals surface area contributed by atoms with Gasteiger partial charge in [0.25, 0.3) is 5.91 Å². The highest BCUT2D eigenvalue weighted by atomic mass is 16.6. The van der Waals surface area contributed by atoms with Crippen LogP contribution < -0.4 is 5.32 Å². The van der Waals surface area contributed by atoms with Gasteiger partial charge in [-0.15, -0.1) is 0 Å². The average molecular weight is 594 g/mol. The van der Waals surface area contributed by atoms with E-state index >= 15 is 0 Å². The molecule has 0 aliphatic carbocycles. The molecule has 5 rings (SSSR count). The molecule has 0 saturated carbocycles. The van der Waals surface area contributed by atoms with E-state index in [2.05, 4.69) is 37.4 Å². The fraction of sp³-hybridized carbons (Fsp3) is 0.342. The van der Waals surface area contributed by atoms with Crippen molar-refractivity contribution >= 4 is 5.91 Å². The molecule has 0 radical (unpaired) electrons. The molecule has 0 aromatic heterocycles. The van der Waals surface area contributed by atoms with Crippen molar-refractivity contribution in [1.29, 1.82) is 0 Å². The molecule has 1 saturated heterocycles. The van der Waals surface area contributed by atoms with Gasteiger partial charge in [0, 0.05) is 12.6 Å². The van der Waals surface area contributed by atoms with Crippen molar-refractivity contribution < 1.29 is 24.1 Å². The molecule has 6 heteroatoms.